The van der Waals surface area contributed by atoms with Crippen molar-refractivity contribution in [3.8, 4) is 5.75 Å². The molecule has 1 aromatic rings. The fraction of sp³-hybridized carbons (Fsp3) is 0.500. The molecule has 0 radical (unpaired) electrons. The largest absolute Gasteiger partial charge is 0.508 e. The highest BCUT2D eigenvalue weighted by Crippen LogP contribution is 2.23. The lowest BCUT2D eigenvalue weighted by Crippen LogP contribution is -2.41. The Morgan fingerprint density at radius 1 is 1.26 bits per heavy atom. The third-order valence-corrected chi connectivity index (χ3v) is 3.99. The lowest BCUT2D eigenvalue weighted by Gasteiger charge is -2.28. The molecule has 1 amide bonds. The first kappa shape index (κ1) is 14.2. The summed E-state index contributed by atoms with van der Waals surface area (Å²) >= 11 is 5.97. The third-order valence-electron chi connectivity index (χ3n) is 3.67. The number of aromatic hydroxyl groups is 1. The van der Waals surface area contributed by atoms with E-state index in [1.807, 2.05) is 7.05 Å². The van der Waals surface area contributed by atoms with Crippen molar-refractivity contribution in [2.24, 2.45) is 0 Å². The molecular formula is C14H19ClN2O2. The zero-order valence-corrected chi connectivity index (χ0v) is 11.7. The molecule has 0 unspecified atom stereocenters. The summed E-state index contributed by atoms with van der Waals surface area (Å²) in [6.07, 6.45) is 4.06. The highest BCUT2D eigenvalue weighted by Gasteiger charge is 2.22. The number of carbonyl (C=O) groups is 1. The van der Waals surface area contributed by atoms with Gasteiger partial charge in [-0.1, -0.05) is 11.6 Å². The monoisotopic (exact) mass is 282 g/mol. The molecule has 0 spiro atoms. The summed E-state index contributed by atoms with van der Waals surface area (Å²) in [5, 5.41) is 16.0. The Morgan fingerprint density at radius 2 is 1.89 bits per heavy atom. The highest BCUT2D eigenvalue weighted by atomic mass is 35.5. The molecule has 4 nitrogen and oxygen atoms in total. The molecular weight excluding hydrogens is 264 g/mol. The van der Waals surface area contributed by atoms with E-state index in [0.717, 1.165) is 25.7 Å². The summed E-state index contributed by atoms with van der Waals surface area (Å²) in [6.45, 7) is 0. The fourth-order valence-corrected chi connectivity index (χ4v) is 2.68. The van der Waals surface area contributed by atoms with Crippen LogP contribution in [0.3, 0.4) is 0 Å². The number of hydrogen-bond acceptors (Lipinski definition) is 3. The number of hydrogen-bond donors (Lipinski definition) is 3. The van der Waals surface area contributed by atoms with E-state index < -0.39 is 0 Å². The van der Waals surface area contributed by atoms with Gasteiger partial charge in [-0.2, -0.15) is 0 Å². The first-order chi connectivity index (χ1) is 9.10. The maximum atomic E-state index is 12.1. The van der Waals surface area contributed by atoms with Crippen molar-refractivity contribution in [3.63, 3.8) is 0 Å². The number of rotatable bonds is 3. The van der Waals surface area contributed by atoms with Crippen LogP contribution in [-0.4, -0.2) is 30.1 Å². The molecule has 0 saturated heterocycles. The molecule has 3 N–H and O–H groups in total. The summed E-state index contributed by atoms with van der Waals surface area (Å²) in [4.78, 5) is 12.1. The quantitative estimate of drug-likeness (QED) is 0.797. The molecule has 0 heterocycles. The molecule has 2 rings (SSSR count). The van der Waals surface area contributed by atoms with Crippen LogP contribution in [0.25, 0.3) is 0 Å². The van der Waals surface area contributed by atoms with Crippen LogP contribution in [0.1, 0.15) is 36.0 Å². The molecule has 1 aromatic carbocycles. The van der Waals surface area contributed by atoms with Crippen molar-refractivity contribution in [2.75, 3.05) is 7.05 Å². The predicted molar refractivity (Wildman–Crippen MR) is 75.7 cm³/mol. The Hall–Kier alpha value is -1.26. The van der Waals surface area contributed by atoms with Crippen molar-refractivity contribution < 1.29 is 9.90 Å². The van der Waals surface area contributed by atoms with E-state index in [1.54, 1.807) is 0 Å². The minimum absolute atomic E-state index is 0.0495. The summed E-state index contributed by atoms with van der Waals surface area (Å²) in [5.41, 5.74) is 0.331. The van der Waals surface area contributed by atoms with Crippen LogP contribution in [0.2, 0.25) is 5.02 Å². The summed E-state index contributed by atoms with van der Waals surface area (Å²) in [6, 6.07) is 5.14. The zero-order valence-electron chi connectivity index (χ0n) is 10.9. The van der Waals surface area contributed by atoms with E-state index in [-0.39, 0.29) is 17.7 Å². The van der Waals surface area contributed by atoms with Gasteiger partial charge in [-0.05, 0) is 50.9 Å². The number of nitrogens with one attached hydrogen (secondary N) is 2. The van der Waals surface area contributed by atoms with Crippen molar-refractivity contribution in [2.45, 2.75) is 37.8 Å². The Kier molecular flexibility index (Phi) is 4.66. The third kappa shape index (κ3) is 3.61. The molecule has 1 aliphatic carbocycles. The number of amides is 1. The first-order valence-corrected chi connectivity index (χ1v) is 6.94. The predicted octanol–water partition coefficient (Wildman–Crippen LogP) is 2.31. The molecule has 104 valence electrons. The second-order valence-electron chi connectivity index (χ2n) is 4.97. The Labute approximate surface area is 118 Å². The van der Waals surface area contributed by atoms with Gasteiger partial charge in [-0.15, -0.1) is 0 Å². The van der Waals surface area contributed by atoms with Crippen LogP contribution in [0.15, 0.2) is 18.2 Å². The normalized spacial score (nSPS) is 23.1. The smallest absolute Gasteiger partial charge is 0.253 e. The number of phenols is 1. The van der Waals surface area contributed by atoms with Crippen LogP contribution in [0.4, 0.5) is 0 Å². The van der Waals surface area contributed by atoms with Crippen LogP contribution in [0, 0.1) is 0 Å². The molecule has 0 atom stereocenters. The SMILES string of the molecule is CNC1CCC(NC(=O)c2cc(O)ccc2Cl)CC1. The van der Waals surface area contributed by atoms with Crippen LogP contribution in [0.5, 0.6) is 5.75 Å². The second kappa shape index (κ2) is 6.26. The number of carbonyl (C=O) groups excluding carboxylic acids is 1. The van der Waals surface area contributed by atoms with Gasteiger partial charge in [-0.25, -0.2) is 0 Å². The number of benzene rings is 1. The van der Waals surface area contributed by atoms with Crippen LogP contribution >= 0.6 is 11.6 Å². The minimum Gasteiger partial charge on any atom is -0.508 e. The molecule has 5 heteroatoms. The summed E-state index contributed by atoms with van der Waals surface area (Å²) in [5.74, 6) is -0.165. The van der Waals surface area contributed by atoms with Gasteiger partial charge < -0.3 is 15.7 Å². The van der Waals surface area contributed by atoms with Crippen LogP contribution in [-0.2, 0) is 0 Å². The lowest BCUT2D eigenvalue weighted by molar-refractivity contribution is 0.0924. The van der Waals surface area contributed by atoms with Gasteiger partial charge in [0, 0.05) is 12.1 Å². The van der Waals surface area contributed by atoms with Crippen molar-refractivity contribution in [3.05, 3.63) is 28.8 Å². The maximum absolute atomic E-state index is 12.1. The molecule has 19 heavy (non-hydrogen) atoms. The standard InChI is InChI=1S/C14H19ClN2O2/c1-16-9-2-4-10(5-3-9)17-14(19)12-8-11(18)6-7-13(12)15/h6-10,16,18H,2-5H2,1H3,(H,17,19). The van der Waals surface area contributed by atoms with Crippen molar-refractivity contribution >= 4 is 17.5 Å². The van der Waals surface area contributed by atoms with Gasteiger partial charge in [0.15, 0.2) is 0 Å². The van der Waals surface area contributed by atoms with E-state index in [1.165, 1.54) is 18.2 Å². The Balaban J connectivity index is 1.96. The average Bonchev–Trinajstić information content (AvgIpc) is 2.42. The van der Waals surface area contributed by atoms with Crippen molar-refractivity contribution in [1.82, 2.24) is 10.6 Å². The Morgan fingerprint density at radius 3 is 2.53 bits per heavy atom. The number of halogens is 1. The molecule has 1 saturated carbocycles. The molecule has 1 aliphatic rings. The molecule has 0 aromatic heterocycles. The molecule has 0 aliphatic heterocycles. The Bertz CT molecular complexity index is 457. The van der Waals surface area contributed by atoms with Crippen molar-refractivity contribution in [1.29, 1.82) is 0 Å². The first-order valence-electron chi connectivity index (χ1n) is 6.57. The van der Waals surface area contributed by atoms with E-state index in [2.05, 4.69) is 10.6 Å². The van der Waals surface area contributed by atoms with E-state index in [0.29, 0.717) is 16.6 Å². The van der Waals surface area contributed by atoms with Gasteiger partial charge in [0.25, 0.3) is 5.91 Å². The summed E-state index contributed by atoms with van der Waals surface area (Å²) < 4.78 is 0. The van der Waals surface area contributed by atoms with Crippen LogP contribution < -0.4 is 10.6 Å². The van der Waals surface area contributed by atoms with Gasteiger partial charge >= 0.3 is 0 Å². The van der Waals surface area contributed by atoms with E-state index in [9.17, 15) is 9.90 Å². The van der Waals surface area contributed by atoms with Gasteiger partial charge in [-0.3, -0.25) is 4.79 Å². The van der Waals surface area contributed by atoms with Gasteiger partial charge in [0.2, 0.25) is 0 Å². The van der Waals surface area contributed by atoms with E-state index >= 15 is 0 Å². The molecule has 1 fully saturated rings. The number of phenolic OH excluding ortho intramolecular Hbond substituents is 1. The fourth-order valence-electron chi connectivity index (χ4n) is 2.48. The highest BCUT2D eigenvalue weighted by molar-refractivity contribution is 6.33. The zero-order chi connectivity index (χ0) is 13.8. The topological polar surface area (TPSA) is 61.4 Å². The maximum Gasteiger partial charge on any atom is 0.253 e. The summed E-state index contributed by atoms with van der Waals surface area (Å²) in [7, 11) is 1.97. The van der Waals surface area contributed by atoms with Gasteiger partial charge in [0.1, 0.15) is 5.75 Å². The molecule has 0 bridgehead atoms. The second-order valence-corrected chi connectivity index (χ2v) is 5.38. The van der Waals surface area contributed by atoms with Gasteiger partial charge in [0.05, 0.1) is 10.6 Å². The average molecular weight is 283 g/mol. The lowest BCUT2D eigenvalue weighted by atomic mass is 9.91. The van der Waals surface area contributed by atoms with E-state index in [4.69, 9.17) is 11.6 Å². The minimum atomic E-state index is -0.214.